The number of nitrogens with two attached hydrogens (primary N) is 1. The number of nitrogens with zero attached hydrogens (tertiary/aromatic N) is 2. The predicted molar refractivity (Wildman–Crippen MR) is 147 cm³/mol. The molecule has 1 saturated heterocycles. The summed E-state index contributed by atoms with van der Waals surface area (Å²) in [7, 11) is 0. The van der Waals surface area contributed by atoms with Gasteiger partial charge in [-0.3, -0.25) is 19.9 Å². The number of aliphatic imine (C=N–C) groups is 1. The number of hydrogen-bond acceptors (Lipinski definition) is 6. The molecule has 1 aromatic heterocycles. The minimum absolute atomic E-state index is 0.0751. The van der Waals surface area contributed by atoms with Crippen molar-refractivity contribution in [2.24, 2.45) is 10.7 Å². The monoisotopic (exact) mass is 548 g/mol. The number of amides is 3. The summed E-state index contributed by atoms with van der Waals surface area (Å²) in [6, 6.07) is 16.4. The van der Waals surface area contributed by atoms with E-state index in [1.54, 1.807) is 6.07 Å². The van der Waals surface area contributed by atoms with E-state index in [1.807, 2.05) is 54.6 Å². The zero-order valence-electron chi connectivity index (χ0n) is 21.8. The summed E-state index contributed by atoms with van der Waals surface area (Å²) in [5, 5.41) is 15.4. The number of carboxylic acids is 1. The predicted octanol–water partition coefficient (Wildman–Crippen LogP) is 2.36. The number of ether oxygens (including phenoxy) is 1. The summed E-state index contributed by atoms with van der Waals surface area (Å²) in [4.78, 5) is 58.4. The number of para-hydroxylation sites is 1. The standard InChI is InChI=1S/C28H32N6O6/c29-27(33-28(39)40-17-18-8-2-1-3-9-18)30-14-6-12-21(26(37)38)32-24(35)23-13-7-15-34(23)25(36)22-16-19-10-4-5-11-20(19)31-22/h1-5,8-11,16,21,23,31H,6-7,12-15,17H2,(H,32,35)(H,37,38)(H3,29,30,33,39)/t21-,23-/m0/s1. The molecule has 6 N–H and O–H groups in total. The van der Waals surface area contributed by atoms with Gasteiger partial charge in [-0.15, -0.1) is 0 Å². The molecule has 2 atom stereocenters. The Labute approximate surface area is 230 Å². The number of benzene rings is 2. The van der Waals surface area contributed by atoms with Gasteiger partial charge in [-0.2, -0.15) is 0 Å². The fraction of sp³-hybridized carbons (Fsp3) is 0.321. The Morgan fingerprint density at radius 3 is 2.62 bits per heavy atom. The molecule has 12 heteroatoms. The number of hydrogen-bond donors (Lipinski definition) is 5. The first kappa shape index (κ1) is 28.1. The van der Waals surface area contributed by atoms with Crippen LogP contribution in [0.1, 0.15) is 41.7 Å². The van der Waals surface area contributed by atoms with Crippen molar-refractivity contribution in [1.82, 2.24) is 20.5 Å². The molecule has 0 saturated carbocycles. The third-order valence-electron chi connectivity index (χ3n) is 6.57. The van der Waals surface area contributed by atoms with E-state index in [-0.39, 0.29) is 37.9 Å². The molecule has 0 aliphatic carbocycles. The Kier molecular flexibility index (Phi) is 9.34. The second-order valence-corrected chi connectivity index (χ2v) is 9.42. The van der Waals surface area contributed by atoms with Gasteiger partial charge in [0.1, 0.15) is 24.4 Å². The van der Waals surface area contributed by atoms with E-state index < -0.39 is 30.1 Å². The van der Waals surface area contributed by atoms with Crippen LogP contribution in [-0.2, 0) is 20.9 Å². The largest absolute Gasteiger partial charge is 0.480 e. The van der Waals surface area contributed by atoms with Gasteiger partial charge in [0.2, 0.25) is 5.91 Å². The number of carbonyl (C=O) groups is 4. The zero-order valence-corrected chi connectivity index (χ0v) is 21.8. The van der Waals surface area contributed by atoms with Gasteiger partial charge in [0, 0.05) is 24.0 Å². The van der Waals surface area contributed by atoms with Gasteiger partial charge >= 0.3 is 12.1 Å². The van der Waals surface area contributed by atoms with E-state index in [0.29, 0.717) is 25.1 Å². The van der Waals surface area contributed by atoms with Gasteiger partial charge in [0.25, 0.3) is 5.91 Å². The van der Waals surface area contributed by atoms with Crippen LogP contribution < -0.4 is 16.4 Å². The highest BCUT2D eigenvalue weighted by Gasteiger charge is 2.36. The molecule has 40 heavy (non-hydrogen) atoms. The van der Waals surface area contributed by atoms with Crippen LogP contribution in [0.4, 0.5) is 4.79 Å². The summed E-state index contributed by atoms with van der Waals surface area (Å²) >= 11 is 0. The molecule has 12 nitrogen and oxygen atoms in total. The van der Waals surface area contributed by atoms with E-state index in [9.17, 15) is 24.3 Å². The molecule has 210 valence electrons. The molecule has 1 fully saturated rings. The number of guanidine groups is 1. The van der Waals surface area contributed by atoms with Crippen molar-refractivity contribution in [3.63, 3.8) is 0 Å². The van der Waals surface area contributed by atoms with E-state index >= 15 is 0 Å². The minimum Gasteiger partial charge on any atom is -0.480 e. The number of alkyl carbamates (subject to hydrolysis) is 1. The molecule has 3 aromatic rings. The third-order valence-corrected chi connectivity index (χ3v) is 6.57. The van der Waals surface area contributed by atoms with Crippen LogP contribution in [0.15, 0.2) is 65.7 Å². The molecule has 0 unspecified atom stereocenters. The van der Waals surface area contributed by atoms with Crippen LogP contribution in [0.2, 0.25) is 0 Å². The number of H-pyrrole nitrogens is 1. The third kappa shape index (κ3) is 7.37. The van der Waals surface area contributed by atoms with E-state index in [1.165, 1.54) is 4.90 Å². The Bertz CT molecular complexity index is 1360. The highest BCUT2D eigenvalue weighted by atomic mass is 16.5. The van der Waals surface area contributed by atoms with Gasteiger partial charge in [-0.1, -0.05) is 48.5 Å². The number of fused-ring (bicyclic) bond motifs is 1. The fourth-order valence-corrected chi connectivity index (χ4v) is 4.55. The van der Waals surface area contributed by atoms with Crippen molar-refractivity contribution in [2.45, 2.75) is 44.4 Å². The summed E-state index contributed by atoms with van der Waals surface area (Å²) in [5.74, 6) is -2.17. The highest BCUT2D eigenvalue weighted by Crippen LogP contribution is 2.23. The summed E-state index contributed by atoms with van der Waals surface area (Å²) < 4.78 is 5.07. The molecule has 2 heterocycles. The van der Waals surface area contributed by atoms with Crippen LogP contribution in [0.3, 0.4) is 0 Å². The van der Waals surface area contributed by atoms with Crippen molar-refractivity contribution in [1.29, 1.82) is 0 Å². The van der Waals surface area contributed by atoms with Crippen molar-refractivity contribution in [2.75, 3.05) is 13.1 Å². The lowest BCUT2D eigenvalue weighted by Crippen LogP contribution is -2.51. The molecule has 1 aliphatic heterocycles. The smallest absolute Gasteiger partial charge is 0.414 e. The number of nitrogens with one attached hydrogen (secondary N) is 3. The van der Waals surface area contributed by atoms with Gasteiger partial charge in [-0.05, 0) is 43.4 Å². The topological polar surface area (TPSA) is 179 Å². The molecule has 3 amide bonds. The van der Waals surface area contributed by atoms with Crippen LogP contribution in [0.25, 0.3) is 10.9 Å². The highest BCUT2D eigenvalue weighted by molar-refractivity contribution is 6.00. The summed E-state index contributed by atoms with van der Waals surface area (Å²) in [6.45, 7) is 0.601. The first-order chi connectivity index (χ1) is 19.3. The SMILES string of the molecule is NC(=NCCC[C@H](NC(=O)[C@@H]1CCCN1C(=O)c1cc2ccccc2[nH]1)C(=O)O)NC(=O)OCc1ccccc1. The molecule has 0 radical (unpaired) electrons. The number of carboxylic acid groups (broad SMARTS) is 1. The Hall–Kier alpha value is -4.87. The number of aromatic nitrogens is 1. The minimum atomic E-state index is -1.19. The Balaban J connectivity index is 1.24. The van der Waals surface area contributed by atoms with Crippen molar-refractivity contribution in [3.8, 4) is 0 Å². The average Bonchev–Trinajstić information content (AvgIpc) is 3.61. The normalized spacial score (nSPS) is 15.9. The number of carbonyl (C=O) groups excluding carboxylic acids is 3. The van der Waals surface area contributed by atoms with Crippen molar-refractivity contribution in [3.05, 3.63) is 71.9 Å². The van der Waals surface area contributed by atoms with Crippen molar-refractivity contribution < 1.29 is 29.0 Å². The lowest BCUT2D eigenvalue weighted by Gasteiger charge is -2.25. The van der Waals surface area contributed by atoms with Crippen LogP contribution >= 0.6 is 0 Å². The zero-order chi connectivity index (χ0) is 28.5. The molecule has 4 rings (SSSR count). The maximum atomic E-state index is 13.1. The Morgan fingerprint density at radius 2 is 1.88 bits per heavy atom. The lowest BCUT2D eigenvalue weighted by atomic mass is 10.1. The fourth-order valence-electron chi connectivity index (χ4n) is 4.55. The van der Waals surface area contributed by atoms with Crippen molar-refractivity contribution >= 4 is 40.7 Å². The first-order valence-electron chi connectivity index (χ1n) is 13.0. The maximum absolute atomic E-state index is 13.1. The van der Waals surface area contributed by atoms with E-state index in [0.717, 1.165) is 16.5 Å². The number of aliphatic carboxylic acids is 1. The van der Waals surface area contributed by atoms with E-state index in [4.69, 9.17) is 10.5 Å². The van der Waals surface area contributed by atoms with Crippen LogP contribution in [0, 0.1) is 0 Å². The second kappa shape index (κ2) is 13.3. The number of likely N-dealkylation sites (tertiary alicyclic amines) is 1. The summed E-state index contributed by atoms with van der Waals surface area (Å²) in [5.41, 5.74) is 7.73. The molecular weight excluding hydrogens is 516 g/mol. The Morgan fingerprint density at radius 1 is 1.12 bits per heavy atom. The maximum Gasteiger partial charge on any atom is 0.414 e. The van der Waals surface area contributed by atoms with Gasteiger partial charge in [0.15, 0.2) is 5.96 Å². The summed E-state index contributed by atoms with van der Waals surface area (Å²) in [6.07, 6.45) is 0.678. The molecule has 1 aliphatic rings. The lowest BCUT2D eigenvalue weighted by molar-refractivity contribution is -0.142. The average molecular weight is 549 g/mol. The quantitative estimate of drug-likeness (QED) is 0.147. The van der Waals surface area contributed by atoms with Gasteiger partial charge < -0.3 is 30.8 Å². The molecule has 0 spiro atoms. The number of aromatic amines is 1. The molecule has 2 aromatic carbocycles. The first-order valence-corrected chi connectivity index (χ1v) is 13.0. The molecule has 0 bridgehead atoms. The van der Waals surface area contributed by atoms with Crippen LogP contribution in [-0.4, -0.2) is 70.0 Å². The number of rotatable bonds is 10. The van der Waals surface area contributed by atoms with Crippen LogP contribution in [0.5, 0.6) is 0 Å². The van der Waals surface area contributed by atoms with E-state index in [2.05, 4.69) is 20.6 Å². The van der Waals surface area contributed by atoms with Gasteiger partial charge in [-0.25, -0.2) is 9.59 Å². The second-order valence-electron chi connectivity index (χ2n) is 9.42. The molecular formula is C28H32N6O6. The van der Waals surface area contributed by atoms with Gasteiger partial charge in [0.05, 0.1) is 0 Å².